The lowest BCUT2D eigenvalue weighted by molar-refractivity contribution is -0.137. The molecule has 0 atom stereocenters. The van der Waals surface area contributed by atoms with Gasteiger partial charge in [0.05, 0.1) is 12.7 Å². The number of hydrogen-bond acceptors (Lipinski definition) is 5. The molecular weight excluding hydrogens is 252 g/mol. The van der Waals surface area contributed by atoms with Crippen LogP contribution in [0.5, 0.6) is 0 Å². The number of amides is 2. The molecule has 2 amide bonds. The third-order valence-electron chi connectivity index (χ3n) is 2.35. The van der Waals surface area contributed by atoms with Gasteiger partial charge in [-0.15, -0.1) is 5.10 Å². The van der Waals surface area contributed by atoms with Crippen molar-refractivity contribution in [3.63, 3.8) is 0 Å². The Bertz CT molecular complexity index is 433. The molecule has 1 rings (SSSR count). The summed E-state index contributed by atoms with van der Waals surface area (Å²) in [5.74, 6) is -0.993. The third-order valence-corrected chi connectivity index (χ3v) is 2.35. The summed E-state index contributed by atoms with van der Waals surface area (Å²) < 4.78 is 1.20. The van der Waals surface area contributed by atoms with Crippen LogP contribution in [0.3, 0.4) is 0 Å². The minimum atomic E-state index is -0.993. The molecule has 0 aliphatic rings. The molecule has 0 saturated carbocycles. The maximum absolute atomic E-state index is 11.6. The molecule has 0 bridgehead atoms. The van der Waals surface area contributed by atoms with Gasteiger partial charge in [0.2, 0.25) is 0 Å². The summed E-state index contributed by atoms with van der Waals surface area (Å²) in [5.41, 5.74) is 0.511. The predicted octanol–water partition coefficient (Wildman–Crippen LogP) is -1.28. The van der Waals surface area contributed by atoms with Crippen LogP contribution < -0.4 is 10.6 Å². The minimum Gasteiger partial charge on any atom is -0.480 e. The number of carboxylic acid groups (broad SMARTS) is 1. The summed E-state index contributed by atoms with van der Waals surface area (Å²) in [6.45, 7) is 1.26. The summed E-state index contributed by atoms with van der Waals surface area (Å²) in [6, 6.07) is -0.219. The Labute approximate surface area is 110 Å². The second-order valence-corrected chi connectivity index (χ2v) is 3.99. The molecule has 1 aromatic heterocycles. The molecular formula is C10H18N6O3. The highest BCUT2D eigenvalue weighted by atomic mass is 16.4. The first kappa shape index (κ1) is 14.9. The van der Waals surface area contributed by atoms with Crippen molar-refractivity contribution in [3.8, 4) is 0 Å². The number of carbonyl (C=O) groups is 2. The van der Waals surface area contributed by atoms with Gasteiger partial charge < -0.3 is 20.6 Å². The molecule has 1 aromatic rings. The Kier molecular flexibility index (Phi) is 5.73. The van der Waals surface area contributed by atoms with E-state index in [9.17, 15) is 9.59 Å². The quantitative estimate of drug-likeness (QED) is 0.569. The van der Waals surface area contributed by atoms with Gasteiger partial charge >= 0.3 is 12.0 Å². The van der Waals surface area contributed by atoms with Crippen molar-refractivity contribution < 1.29 is 14.7 Å². The first-order valence-electron chi connectivity index (χ1n) is 5.77. The van der Waals surface area contributed by atoms with Crippen molar-refractivity contribution in [2.45, 2.75) is 13.1 Å². The molecule has 0 aromatic carbocycles. The van der Waals surface area contributed by atoms with Gasteiger partial charge in [-0.3, -0.25) is 4.79 Å². The van der Waals surface area contributed by atoms with Crippen LogP contribution in [-0.4, -0.2) is 64.2 Å². The van der Waals surface area contributed by atoms with Crippen LogP contribution in [0.25, 0.3) is 0 Å². The molecule has 0 unspecified atom stereocenters. The van der Waals surface area contributed by atoms with Gasteiger partial charge in [-0.1, -0.05) is 5.21 Å². The fourth-order valence-electron chi connectivity index (χ4n) is 1.32. The van der Waals surface area contributed by atoms with Gasteiger partial charge in [0.1, 0.15) is 12.2 Å². The number of rotatable bonds is 7. The maximum Gasteiger partial charge on any atom is 0.325 e. The van der Waals surface area contributed by atoms with E-state index >= 15 is 0 Å². The van der Waals surface area contributed by atoms with Gasteiger partial charge in [-0.05, 0) is 7.05 Å². The molecule has 9 nitrogen and oxygen atoms in total. The van der Waals surface area contributed by atoms with E-state index in [4.69, 9.17) is 5.11 Å². The van der Waals surface area contributed by atoms with E-state index in [1.807, 2.05) is 7.05 Å². The van der Waals surface area contributed by atoms with Crippen molar-refractivity contribution >= 4 is 12.0 Å². The van der Waals surface area contributed by atoms with Gasteiger partial charge in [0, 0.05) is 20.1 Å². The lowest BCUT2D eigenvalue weighted by Gasteiger charge is -2.16. The Morgan fingerprint density at radius 3 is 2.89 bits per heavy atom. The number of nitrogens with one attached hydrogen (secondary N) is 2. The predicted molar refractivity (Wildman–Crippen MR) is 66.5 cm³/mol. The van der Waals surface area contributed by atoms with Gasteiger partial charge in [0.15, 0.2) is 0 Å². The zero-order valence-electron chi connectivity index (χ0n) is 11.0. The van der Waals surface area contributed by atoms with E-state index in [0.717, 1.165) is 0 Å². The summed E-state index contributed by atoms with van der Waals surface area (Å²) in [7, 11) is 3.50. The molecule has 0 aliphatic heterocycles. The fraction of sp³-hybridized carbons (Fsp3) is 0.600. The smallest absolute Gasteiger partial charge is 0.325 e. The number of aliphatic carboxylic acids is 1. The van der Waals surface area contributed by atoms with E-state index in [-0.39, 0.29) is 19.1 Å². The molecule has 0 fully saturated rings. The fourth-order valence-corrected chi connectivity index (χ4v) is 1.32. The molecule has 19 heavy (non-hydrogen) atoms. The monoisotopic (exact) mass is 270 g/mol. The van der Waals surface area contributed by atoms with Gasteiger partial charge in [-0.2, -0.15) is 0 Å². The van der Waals surface area contributed by atoms with Crippen LogP contribution in [0.2, 0.25) is 0 Å². The Hall–Kier alpha value is -2.16. The maximum atomic E-state index is 11.6. The van der Waals surface area contributed by atoms with Crippen LogP contribution in [0.1, 0.15) is 5.69 Å². The van der Waals surface area contributed by atoms with E-state index in [0.29, 0.717) is 18.8 Å². The summed E-state index contributed by atoms with van der Waals surface area (Å²) in [4.78, 5) is 23.6. The SMILES string of the molecule is CNCCN(C)C(=O)NCc1cn(CC(=O)O)nn1. The number of nitrogens with zero attached hydrogens (tertiary/aromatic N) is 4. The summed E-state index contributed by atoms with van der Waals surface area (Å²) >= 11 is 0. The van der Waals surface area contributed by atoms with Gasteiger partial charge in [0.25, 0.3) is 0 Å². The highest BCUT2D eigenvalue weighted by molar-refractivity contribution is 5.73. The summed E-state index contributed by atoms with van der Waals surface area (Å²) in [5, 5.41) is 21.6. The lowest BCUT2D eigenvalue weighted by atomic mass is 10.4. The second-order valence-electron chi connectivity index (χ2n) is 3.99. The zero-order valence-corrected chi connectivity index (χ0v) is 11.0. The Morgan fingerprint density at radius 1 is 1.53 bits per heavy atom. The first-order valence-corrected chi connectivity index (χ1v) is 5.77. The molecule has 3 N–H and O–H groups in total. The number of hydrogen-bond donors (Lipinski definition) is 3. The largest absolute Gasteiger partial charge is 0.480 e. The van der Waals surface area contributed by atoms with Crippen molar-refractivity contribution in [3.05, 3.63) is 11.9 Å². The molecule has 1 heterocycles. The number of carboxylic acids is 1. The molecule has 0 aliphatic carbocycles. The highest BCUT2D eigenvalue weighted by Crippen LogP contribution is 1.93. The topological polar surface area (TPSA) is 112 Å². The molecule has 0 radical (unpaired) electrons. The number of urea groups is 1. The summed E-state index contributed by atoms with van der Waals surface area (Å²) in [6.07, 6.45) is 1.49. The molecule has 9 heteroatoms. The van der Waals surface area contributed by atoms with Crippen molar-refractivity contribution in [1.29, 1.82) is 0 Å². The standard InChI is InChI=1S/C10H18N6O3/c1-11-3-4-15(2)10(19)12-5-8-6-16(14-13-8)7-9(17)18/h6,11H,3-5,7H2,1-2H3,(H,12,19)(H,17,18). The average molecular weight is 270 g/mol. The Balaban J connectivity index is 2.37. The molecule has 0 saturated heterocycles. The number of carbonyl (C=O) groups excluding carboxylic acids is 1. The molecule has 106 valence electrons. The lowest BCUT2D eigenvalue weighted by Crippen LogP contribution is -2.40. The number of aromatic nitrogens is 3. The van der Waals surface area contributed by atoms with Crippen LogP contribution in [-0.2, 0) is 17.9 Å². The first-order chi connectivity index (χ1) is 9.02. The molecule has 0 spiro atoms. The van der Waals surface area contributed by atoms with E-state index in [1.165, 1.54) is 15.8 Å². The van der Waals surface area contributed by atoms with Crippen LogP contribution in [0.15, 0.2) is 6.20 Å². The average Bonchev–Trinajstić information content (AvgIpc) is 2.79. The third kappa shape index (κ3) is 5.34. The minimum absolute atomic E-state index is 0.211. The van der Waals surface area contributed by atoms with E-state index in [1.54, 1.807) is 7.05 Å². The zero-order chi connectivity index (χ0) is 14.3. The Morgan fingerprint density at radius 2 is 2.26 bits per heavy atom. The van der Waals surface area contributed by atoms with Crippen molar-refractivity contribution in [2.24, 2.45) is 0 Å². The van der Waals surface area contributed by atoms with Crippen LogP contribution in [0.4, 0.5) is 4.79 Å². The van der Waals surface area contributed by atoms with E-state index < -0.39 is 5.97 Å². The highest BCUT2D eigenvalue weighted by Gasteiger charge is 2.09. The van der Waals surface area contributed by atoms with E-state index in [2.05, 4.69) is 20.9 Å². The van der Waals surface area contributed by atoms with Crippen LogP contribution in [0, 0.1) is 0 Å². The second kappa shape index (κ2) is 7.31. The van der Waals surface area contributed by atoms with Crippen molar-refractivity contribution in [2.75, 3.05) is 27.2 Å². The van der Waals surface area contributed by atoms with Crippen molar-refractivity contribution in [1.82, 2.24) is 30.5 Å². The van der Waals surface area contributed by atoms with Crippen LogP contribution >= 0.6 is 0 Å². The normalized spacial score (nSPS) is 10.2. The number of likely N-dealkylation sites (N-methyl/N-ethyl adjacent to an activating group) is 2. The van der Waals surface area contributed by atoms with Gasteiger partial charge in [-0.25, -0.2) is 9.48 Å².